The van der Waals surface area contributed by atoms with E-state index in [0.29, 0.717) is 29.9 Å². The maximum Gasteiger partial charge on any atom is 0.247 e. The second-order valence-electron chi connectivity index (χ2n) is 7.25. The Labute approximate surface area is 169 Å². The Bertz CT molecular complexity index is 973. The summed E-state index contributed by atoms with van der Waals surface area (Å²) in [6.07, 6.45) is 6.05. The third-order valence-electron chi connectivity index (χ3n) is 5.05. The third kappa shape index (κ3) is 4.39. The first-order chi connectivity index (χ1) is 13.6. The maximum absolute atomic E-state index is 12.9. The lowest BCUT2D eigenvalue weighted by Crippen LogP contribution is -2.28. The van der Waals surface area contributed by atoms with E-state index in [4.69, 9.17) is 20.4 Å². The number of hydrogen-bond acceptors (Lipinski definition) is 3. The highest BCUT2D eigenvalue weighted by atomic mass is 35.5. The normalized spacial score (nSPS) is 18.5. The summed E-state index contributed by atoms with van der Waals surface area (Å²) in [5, 5.41) is 0.610. The van der Waals surface area contributed by atoms with Crippen molar-refractivity contribution in [1.29, 1.82) is 0 Å². The molecule has 1 aromatic carbocycles. The lowest BCUT2D eigenvalue weighted by Gasteiger charge is -2.19. The Morgan fingerprint density at radius 3 is 2.64 bits per heavy atom. The van der Waals surface area contributed by atoms with Gasteiger partial charge in [0.2, 0.25) is 5.91 Å². The molecule has 0 aliphatic heterocycles. The Hall–Kier alpha value is -2.72. The van der Waals surface area contributed by atoms with Gasteiger partial charge in [0.05, 0.1) is 19.4 Å². The molecule has 2 aromatic heterocycles. The van der Waals surface area contributed by atoms with Crippen LogP contribution in [0.15, 0.2) is 69.7 Å². The van der Waals surface area contributed by atoms with Crippen LogP contribution in [0.4, 0.5) is 0 Å². The van der Waals surface area contributed by atoms with Gasteiger partial charge in [-0.1, -0.05) is 36.7 Å². The average Bonchev–Trinajstić information content (AvgIpc) is 3.08. The Balaban J connectivity index is 1.50. The van der Waals surface area contributed by atoms with Crippen LogP contribution in [-0.2, 0) is 17.9 Å². The van der Waals surface area contributed by atoms with Crippen LogP contribution in [0, 0.1) is 5.92 Å². The molecule has 1 aliphatic rings. The number of nitrogens with zero attached hydrogens (tertiary/aromatic N) is 1. The summed E-state index contributed by atoms with van der Waals surface area (Å²) in [5.74, 6) is 3.58. The van der Waals surface area contributed by atoms with Crippen molar-refractivity contribution in [2.75, 3.05) is 0 Å². The molecule has 0 saturated heterocycles. The van der Waals surface area contributed by atoms with Crippen LogP contribution < -0.4 is 0 Å². The predicted molar refractivity (Wildman–Crippen MR) is 109 cm³/mol. The molecule has 2 atom stereocenters. The highest BCUT2D eigenvalue weighted by Crippen LogP contribution is 2.47. The molecule has 2 unspecified atom stereocenters. The van der Waals surface area contributed by atoms with E-state index in [1.807, 2.05) is 42.5 Å². The number of furan rings is 2. The van der Waals surface area contributed by atoms with Gasteiger partial charge in [-0.25, -0.2) is 0 Å². The SMILES string of the molecule is CC1CC1c1ccc(CN(Cc2ccco2)C(=O)/C=C/c2ccccc2Cl)o1. The molecule has 0 radical (unpaired) electrons. The van der Waals surface area contributed by atoms with E-state index in [0.717, 1.165) is 22.8 Å². The number of amides is 1. The molecule has 1 fully saturated rings. The molecule has 1 aliphatic carbocycles. The molecule has 2 heterocycles. The van der Waals surface area contributed by atoms with Gasteiger partial charge in [0.25, 0.3) is 0 Å². The Morgan fingerprint density at radius 2 is 1.93 bits per heavy atom. The van der Waals surface area contributed by atoms with Crippen molar-refractivity contribution in [3.8, 4) is 0 Å². The Morgan fingerprint density at radius 1 is 1.14 bits per heavy atom. The quantitative estimate of drug-likeness (QED) is 0.468. The van der Waals surface area contributed by atoms with Crippen LogP contribution in [0.25, 0.3) is 6.08 Å². The Kier molecular flexibility index (Phi) is 5.40. The molecule has 3 aromatic rings. The summed E-state index contributed by atoms with van der Waals surface area (Å²) in [4.78, 5) is 14.6. The van der Waals surface area contributed by atoms with Crippen LogP contribution >= 0.6 is 11.6 Å². The predicted octanol–water partition coefficient (Wildman–Crippen LogP) is 5.89. The van der Waals surface area contributed by atoms with Crippen molar-refractivity contribution in [3.63, 3.8) is 0 Å². The van der Waals surface area contributed by atoms with Gasteiger partial charge in [-0.2, -0.15) is 0 Å². The second-order valence-corrected chi connectivity index (χ2v) is 7.66. The van der Waals surface area contributed by atoms with Crippen LogP contribution in [0.3, 0.4) is 0 Å². The third-order valence-corrected chi connectivity index (χ3v) is 5.40. The first-order valence-corrected chi connectivity index (χ1v) is 9.80. The summed E-state index contributed by atoms with van der Waals surface area (Å²) >= 11 is 6.18. The van der Waals surface area contributed by atoms with Crippen LogP contribution in [0.2, 0.25) is 5.02 Å². The van der Waals surface area contributed by atoms with Crippen LogP contribution in [0.5, 0.6) is 0 Å². The smallest absolute Gasteiger partial charge is 0.247 e. The fraction of sp³-hybridized carbons (Fsp3) is 0.261. The molecule has 144 valence electrons. The zero-order chi connectivity index (χ0) is 19.5. The van der Waals surface area contributed by atoms with Crippen LogP contribution in [0.1, 0.15) is 42.1 Å². The van der Waals surface area contributed by atoms with Gasteiger partial charge >= 0.3 is 0 Å². The lowest BCUT2D eigenvalue weighted by atomic mass is 10.2. The summed E-state index contributed by atoms with van der Waals surface area (Å²) < 4.78 is 11.4. The molecule has 4 nitrogen and oxygen atoms in total. The van der Waals surface area contributed by atoms with E-state index in [1.54, 1.807) is 23.3 Å². The van der Waals surface area contributed by atoms with E-state index in [9.17, 15) is 4.79 Å². The van der Waals surface area contributed by atoms with Gasteiger partial charge < -0.3 is 13.7 Å². The first-order valence-electron chi connectivity index (χ1n) is 9.42. The fourth-order valence-corrected chi connectivity index (χ4v) is 3.46. The number of hydrogen-bond donors (Lipinski definition) is 0. The summed E-state index contributed by atoms with van der Waals surface area (Å²) in [6, 6.07) is 15.1. The van der Waals surface area contributed by atoms with Crippen molar-refractivity contribution < 1.29 is 13.6 Å². The zero-order valence-electron chi connectivity index (χ0n) is 15.7. The highest BCUT2D eigenvalue weighted by Gasteiger charge is 2.36. The number of benzene rings is 1. The van der Waals surface area contributed by atoms with E-state index in [1.165, 1.54) is 12.5 Å². The molecule has 1 saturated carbocycles. The van der Waals surface area contributed by atoms with Gasteiger partial charge in [0, 0.05) is 17.0 Å². The first kappa shape index (κ1) is 18.6. The molecule has 4 rings (SSSR count). The maximum atomic E-state index is 12.9. The van der Waals surface area contributed by atoms with Gasteiger partial charge in [-0.15, -0.1) is 0 Å². The van der Waals surface area contributed by atoms with Crippen molar-refractivity contribution in [1.82, 2.24) is 4.90 Å². The molecular weight excluding hydrogens is 374 g/mol. The lowest BCUT2D eigenvalue weighted by molar-refractivity contribution is -0.127. The highest BCUT2D eigenvalue weighted by molar-refractivity contribution is 6.32. The van der Waals surface area contributed by atoms with Gasteiger partial charge in [0.15, 0.2) is 0 Å². The van der Waals surface area contributed by atoms with Crippen molar-refractivity contribution in [2.45, 2.75) is 32.4 Å². The fourth-order valence-electron chi connectivity index (χ4n) is 3.26. The topological polar surface area (TPSA) is 46.6 Å². The molecule has 0 N–H and O–H groups in total. The minimum atomic E-state index is -0.131. The van der Waals surface area contributed by atoms with E-state index < -0.39 is 0 Å². The molecule has 0 spiro atoms. The molecule has 1 amide bonds. The van der Waals surface area contributed by atoms with Crippen molar-refractivity contribution >= 4 is 23.6 Å². The largest absolute Gasteiger partial charge is 0.467 e. The summed E-state index contributed by atoms with van der Waals surface area (Å²) in [5.41, 5.74) is 0.804. The summed E-state index contributed by atoms with van der Waals surface area (Å²) in [7, 11) is 0. The van der Waals surface area contributed by atoms with Gasteiger partial charge in [-0.05, 0) is 54.3 Å². The molecular formula is C23H22ClNO3. The van der Waals surface area contributed by atoms with Crippen LogP contribution in [-0.4, -0.2) is 10.8 Å². The van der Waals surface area contributed by atoms with E-state index in [2.05, 4.69) is 6.92 Å². The summed E-state index contributed by atoms with van der Waals surface area (Å²) in [6.45, 7) is 2.97. The van der Waals surface area contributed by atoms with E-state index in [-0.39, 0.29) is 5.91 Å². The minimum absolute atomic E-state index is 0.131. The van der Waals surface area contributed by atoms with Gasteiger partial charge in [-0.3, -0.25) is 4.79 Å². The minimum Gasteiger partial charge on any atom is -0.467 e. The standard InChI is InChI=1S/C23H22ClNO3/c1-16-13-20(16)22-10-9-19(28-22)15-25(14-18-6-4-12-27-18)23(26)11-8-17-5-2-3-7-21(17)24/h2-12,16,20H,13-15H2,1H3/b11-8+. The molecule has 5 heteroatoms. The van der Waals surface area contributed by atoms with Gasteiger partial charge in [0.1, 0.15) is 17.3 Å². The number of rotatable bonds is 7. The van der Waals surface area contributed by atoms with E-state index >= 15 is 0 Å². The zero-order valence-corrected chi connectivity index (χ0v) is 16.4. The molecule has 0 bridgehead atoms. The second kappa shape index (κ2) is 8.11. The average molecular weight is 396 g/mol. The monoisotopic (exact) mass is 395 g/mol. The van der Waals surface area contributed by atoms with Crippen molar-refractivity contribution in [2.24, 2.45) is 5.92 Å². The number of carbonyl (C=O) groups excluding carboxylic acids is 1. The van der Waals surface area contributed by atoms with Crippen molar-refractivity contribution in [3.05, 3.63) is 88.7 Å². The molecule has 28 heavy (non-hydrogen) atoms. The number of halogens is 1. The number of carbonyl (C=O) groups is 1.